The number of thiocarbonyl (C=S) groups is 1. The Kier molecular flexibility index (Phi) is 6.37. The number of fused-ring (bicyclic) bond motifs is 1. The predicted molar refractivity (Wildman–Crippen MR) is 132 cm³/mol. The number of hydrogen-bond acceptors (Lipinski definition) is 3. The first kappa shape index (κ1) is 21.1. The molecule has 2 N–H and O–H groups in total. The van der Waals surface area contributed by atoms with Gasteiger partial charge >= 0.3 is 0 Å². The molecule has 0 aliphatic heterocycles. The van der Waals surface area contributed by atoms with Crippen LogP contribution in [0.1, 0.15) is 5.76 Å². The van der Waals surface area contributed by atoms with Gasteiger partial charge in [0.1, 0.15) is 11.5 Å². The Bertz CT molecular complexity index is 1290. The summed E-state index contributed by atoms with van der Waals surface area (Å²) in [6.07, 6.45) is 2.91. The van der Waals surface area contributed by atoms with Gasteiger partial charge in [0.15, 0.2) is 5.11 Å². The Labute approximate surface area is 194 Å². The third kappa shape index (κ3) is 5.52. The molecular formula is C24H16Cl2N2O2S. The minimum atomic E-state index is -0.373. The van der Waals surface area contributed by atoms with Crippen molar-refractivity contribution in [3.63, 3.8) is 0 Å². The number of furan rings is 1. The average molecular weight is 467 g/mol. The molecule has 154 valence electrons. The number of nitrogens with one attached hydrogen (secondary N) is 2. The number of hydrogen-bond donors (Lipinski definition) is 2. The summed E-state index contributed by atoms with van der Waals surface area (Å²) in [6, 6.07) is 22.6. The highest BCUT2D eigenvalue weighted by Crippen LogP contribution is 2.29. The molecule has 0 aliphatic carbocycles. The van der Waals surface area contributed by atoms with E-state index in [9.17, 15) is 4.79 Å². The summed E-state index contributed by atoms with van der Waals surface area (Å²) < 4.78 is 5.74. The van der Waals surface area contributed by atoms with Crippen LogP contribution in [0, 0.1) is 0 Å². The van der Waals surface area contributed by atoms with Crippen LogP contribution in [0.15, 0.2) is 83.3 Å². The molecular weight excluding hydrogens is 451 g/mol. The molecule has 4 aromatic rings. The van der Waals surface area contributed by atoms with E-state index < -0.39 is 0 Å². The van der Waals surface area contributed by atoms with Gasteiger partial charge in [0.25, 0.3) is 0 Å². The predicted octanol–water partition coefficient (Wildman–Crippen LogP) is 6.93. The Hall–Kier alpha value is -3.12. The van der Waals surface area contributed by atoms with Crippen LogP contribution in [0.4, 0.5) is 5.69 Å². The molecule has 0 bridgehead atoms. The number of benzene rings is 3. The minimum Gasteiger partial charge on any atom is -0.457 e. The van der Waals surface area contributed by atoms with Crippen LogP contribution in [-0.4, -0.2) is 11.0 Å². The zero-order chi connectivity index (χ0) is 21.8. The molecule has 0 aliphatic rings. The number of halogens is 2. The first-order valence-corrected chi connectivity index (χ1v) is 10.5. The van der Waals surface area contributed by atoms with Gasteiger partial charge in [0.2, 0.25) is 5.91 Å². The second-order valence-electron chi connectivity index (χ2n) is 6.70. The third-order valence-electron chi connectivity index (χ3n) is 4.42. The maximum Gasteiger partial charge on any atom is 0.250 e. The van der Waals surface area contributed by atoms with Crippen molar-refractivity contribution >= 4 is 69.0 Å². The SMILES string of the molecule is O=C(/C=C/c1ccc(-c2cc(Cl)cc(Cl)c2)o1)NC(=S)Nc1ccc2ccccc2c1. The molecule has 1 heterocycles. The largest absolute Gasteiger partial charge is 0.457 e. The lowest BCUT2D eigenvalue weighted by molar-refractivity contribution is -0.115. The van der Waals surface area contributed by atoms with E-state index in [4.69, 9.17) is 39.8 Å². The van der Waals surface area contributed by atoms with Crippen LogP contribution >= 0.6 is 35.4 Å². The van der Waals surface area contributed by atoms with E-state index in [1.54, 1.807) is 36.4 Å². The third-order valence-corrected chi connectivity index (χ3v) is 5.06. The van der Waals surface area contributed by atoms with Crippen molar-refractivity contribution in [1.29, 1.82) is 0 Å². The molecule has 4 nitrogen and oxygen atoms in total. The van der Waals surface area contributed by atoms with Gasteiger partial charge in [-0.1, -0.05) is 53.5 Å². The summed E-state index contributed by atoms with van der Waals surface area (Å²) in [7, 11) is 0. The molecule has 0 fully saturated rings. The molecule has 3 aromatic carbocycles. The van der Waals surface area contributed by atoms with Crippen LogP contribution in [0.2, 0.25) is 10.0 Å². The van der Waals surface area contributed by atoms with Crippen molar-refractivity contribution in [2.45, 2.75) is 0 Å². The molecule has 7 heteroatoms. The average Bonchev–Trinajstić information content (AvgIpc) is 3.20. The normalized spacial score (nSPS) is 11.0. The molecule has 1 amide bonds. The van der Waals surface area contributed by atoms with Crippen molar-refractivity contribution in [3.8, 4) is 11.3 Å². The zero-order valence-corrected chi connectivity index (χ0v) is 18.4. The smallest absolute Gasteiger partial charge is 0.250 e. The second-order valence-corrected chi connectivity index (χ2v) is 7.98. The molecule has 4 rings (SSSR count). The number of carbonyl (C=O) groups is 1. The minimum absolute atomic E-state index is 0.207. The molecule has 1 aromatic heterocycles. The lowest BCUT2D eigenvalue weighted by Gasteiger charge is -2.09. The van der Waals surface area contributed by atoms with Crippen LogP contribution < -0.4 is 10.6 Å². The van der Waals surface area contributed by atoms with Gasteiger partial charge in [-0.05, 0) is 71.5 Å². The van der Waals surface area contributed by atoms with Crippen LogP contribution in [-0.2, 0) is 4.79 Å². The van der Waals surface area contributed by atoms with Crippen molar-refractivity contribution in [3.05, 3.63) is 94.7 Å². The zero-order valence-electron chi connectivity index (χ0n) is 16.1. The fraction of sp³-hybridized carbons (Fsp3) is 0. The first-order chi connectivity index (χ1) is 15.0. The summed E-state index contributed by atoms with van der Waals surface area (Å²) in [5.74, 6) is 0.731. The number of amides is 1. The van der Waals surface area contributed by atoms with E-state index in [2.05, 4.69) is 10.6 Å². The highest BCUT2D eigenvalue weighted by atomic mass is 35.5. The quantitative estimate of drug-likeness (QED) is 0.252. The highest BCUT2D eigenvalue weighted by molar-refractivity contribution is 7.80. The van der Waals surface area contributed by atoms with Crippen molar-refractivity contribution in [1.82, 2.24) is 5.32 Å². The van der Waals surface area contributed by atoms with Gasteiger partial charge in [0.05, 0.1) is 0 Å². The number of anilines is 1. The van der Waals surface area contributed by atoms with Gasteiger partial charge < -0.3 is 9.73 Å². The number of carbonyl (C=O) groups excluding carboxylic acids is 1. The van der Waals surface area contributed by atoms with E-state index in [0.717, 1.165) is 22.0 Å². The van der Waals surface area contributed by atoms with Crippen molar-refractivity contribution in [2.24, 2.45) is 0 Å². The van der Waals surface area contributed by atoms with Crippen molar-refractivity contribution in [2.75, 3.05) is 5.32 Å². The Balaban J connectivity index is 1.36. The fourth-order valence-electron chi connectivity index (χ4n) is 3.03. The summed E-state index contributed by atoms with van der Waals surface area (Å²) in [6.45, 7) is 0. The maximum absolute atomic E-state index is 12.2. The Morgan fingerprint density at radius 1 is 0.903 bits per heavy atom. The second kappa shape index (κ2) is 9.35. The fourth-order valence-corrected chi connectivity index (χ4v) is 3.78. The molecule has 0 spiro atoms. The van der Waals surface area contributed by atoms with Crippen LogP contribution in [0.3, 0.4) is 0 Å². The van der Waals surface area contributed by atoms with E-state index in [1.165, 1.54) is 6.08 Å². The number of rotatable bonds is 4. The standard InChI is InChI=1S/C24H16Cl2N2O2S/c25-18-11-17(12-19(26)14-18)22-9-7-21(30-22)8-10-23(29)28-24(31)27-20-6-5-15-3-1-2-4-16(15)13-20/h1-14H,(H2,27,28,29,31)/b10-8+. The monoisotopic (exact) mass is 466 g/mol. The van der Waals surface area contributed by atoms with Crippen LogP contribution in [0.5, 0.6) is 0 Å². The van der Waals surface area contributed by atoms with Gasteiger partial charge in [-0.25, -0.2) is 0 Å². The van der Waals surface area contributed by atoms with E-state index >= 15 is 0 Å². The molecule has 0 unspecified atom stereocenters. The molecule has 31 heavy (non-hydrogen) atoms. The van der Waals surface area contributed by atoms with Gasteiger partial charge in [-0.3, -0.25) is 10.1 Å². The Morgan fingerprint density at radius 3 is 2.42 bits per heavy atom. The maximum atomic E-state index is 12.2. The van der Waals surface area contributed by atoms with Crippen LogP contribution in [0.25, 0.3) is 28.2 Å². The molecule has 0 saturated carbocycles. The first-order valence-electron chi connectivity index (χ1n) is 9.31. The Morgan fingerprint density at radius 2 is 1.65 bits per heavy atom. The molecule has 0 atom stereocenters. The van der Waals surface area contributed by atoms with E-state index in [1.807, 2.05) is 42.5 Å². The topological polar surface area (TPSA) is 54.3 Å². The molecule has 0 saturated heterocycles. The van der Waals surface area contributed by atoms with Gasteiger partial charge in [-0.15, -0.1) is 0 Å². The van der Waals surface area contributed by atoms with E-state index in [0.29, 0.717) is 21.6 Å². The lowest BCUT2D eigenvalue weighted by Crippen LogP contribution is -2.32. The van der Waals surface area contributed by atoms with Crippen molar-refractivity contribution < 1.29 is 9.21 Å². The summed E-state index contributed by atoms with van der Waals surface area (Å²) in [5, 5.41) is 9.08. The van der Waals surface area contributed by atoms with E-state index in [-0.39, 0.29) is 11.0 Å². The summed E-state index contributed by atoms with van der Waals surface area (Å²) >= 11 is 17.3. The van der Waals surface area contributed by atoms with Gasteiger partial charge in [0, 0.05) is 27.4 Å². The summed E-state index contributed by atoms with van der Waals surface area (Å²) in [5.41, 5.74) is 1.55. The summed E-state index contributed by atoms with van der Waals surface area (Å²) in [4.78, 5) is 12.2. The van der Waals surface area contributed by atoms with Gasteiger partial charge in [-0.2, -0.15) is 0 Å². The molecule has 0 radical (unpaired) electrons. The highest BCUT2D eigenvalue weighted by Gasteiger charge is 2.07. The lowest BCUT2D eigenvalue weighted by atomic mass is 10.1.